The normalized spacial score (nSPS) is 14.4. The molecule has 166 valence electrons. The van der Waals surface area contributed by atoms with Gasteiger partial charge in [-0.1, -0.05) is 0 Å². The van der Waals surface area contributed by atoms with E-state index >= 15 is 0 Å². The molecule has 0 N–H and O–H groups in total. The van der Waals surface area contributed by atoms with E-state index < -0.39 is 23.1 Å². The van der Waals surface area contributed by atoms with Crippen LogP contribution in [0.5, 0.6) is 5.75 Å². The van der Waals surface area contributed by atoms with Crippen LogP contribution in [0.1, 0.15) is 44.9 Å². The third-order valence-corrected chi connectivity index (χ3v) is 4.71. The molecule has 2 heterocycles. The SMILES string of the molecule is CC(C)(C)OC(=O)N1CCC(Oc2cc(=O)n(-c3ccc(C#N)c(F)c3)nc2C#N)CC1. The van der Waals surface area contributed by atoms with E-state index in [-0.39, 0.29) is 28.8 Å². The number of nitriles is 2. The van der Waals surface area contributed by atoms with Gasteiger partial charge in [0.25, 0.3) is 5.56 Å². The molecule has 2 aromatic rings. The number of aromatic nitrogens is 2. The van der Waals surface area contributed by atoms with Gasteiger partial charge in [-0.3, -0.25) is 4.79 Å². The van der Waals surface area contributed by atoms with Crippen LogP contribution in [0.4, 0.5) is 9.18 Å². The first-order valence-electron chi connectivity index (χ1n) is 10.0. The number of piperidine rings is 1. The van der Waals surface area contributed by atoms with Crippen molar-refractivity contribution in [2.45, 2.75) is 45.3 Å². The summed E-state index contributed by atoms with van der Waals surface area (Å²) >= 11 is 0. The molecule has 1 amide bonds. The fraction of sp³-hybridized carbons (Fsp3) is 0.409. The van der Waals surface area contributed by atoms with Crippen LogP contribution in [0, 0.1) is 28.5 Å². The molecule has 32 heavy (non-hydrogen) atoms. The number of nitrogens with zero attached hydrogens (tertiary/aromatic N) is 5. The van der Waals surface area contributed by atoms with Crippen LogP contribution in [-0.2, 0) is 4.74 Å². The maximum Gasteiger partial charge on any atom is 0.410 e. The summed E-state index contributed by atoms with van der Waals surface area (Å²) in [6.45, 7) is 6.22. The summed E-state index contributed by atoms with van der Waals surface area (Å²) in [4.78, 5) is 26.3. The Kier molecular flexibility index (Phi) is 6.45. The van der Waals surface area contributed by atoms with Crippen LogP contribution in [0.3, 0.4) is 0 Å². The Labute approximate surface area is 184 Å². The van der Waals surface area contributed by atoms with Gasteiger partial charge >= 0.3 is 6.09 Å². The lowest BCUT2D eigenvalue weighted by Gasteiger charge is -2.33. The first kappa shape index (κ1) is 22.8. The Morgan fingerprint density at radius 2 is 1.88 bits per heavy atom. The van der Waals surface area contributed by atoms with Gasteiger partial charge in [-0.15, -0.1) is 5.10 Å². The Bertz CT molecular complexity index is 1160. The minimum Gasteiger partial charge on any atom is -0.487 e. The summed E-state index contributed by atoms with van der Waals surface area (Å²) in [6, 6.07) is 8.31. The van der Waals surface area contributed by atoms with E-state index in [1.165, 1.54) is 12.1 Å². The second-order valence-electron chi connectivity index (χ2n) is 8.28. The second kappa shape index (κ2) is 9.06. The van der Waals surface area contributed by atoms with Gasteiger partial charge in [0.1, 0.15) is 29.7 Å². The first-order valence-corrected chi connectivity index (χ1v) is 10.0. The molecule has 3 rings (SSSR count). The maximum atomic E-state index is 13.9. The van der Waals surface area contributed by atoms with Crippen LogP contribution < -0.4 is 10.3 Å². The van der Waals surface area contributed by atoms with Crippen molar-refractivity contribution in [2.75, 3.05) is 13.1 Å². The van der Waals surface area contributed by atoms with Crippen molar-refractivity contribution in [1.29, 1.82) is 10.5 Å². The molecular weight excluding hydrogens is 417 g/mol. The molecule has 0 atom stereocenters. The van der Waals surface area contributed by atoms with Gasteiger partial charge in [-0.2, -0.15) is 15.2 Å². The molecule has 1 fully saturated rings. The Morgan fingerprint density at radius 3 is 2.44 bits per heavy atom. The molecule has 0 radical (unpaired) electrons. The summed E-state index contributed by atoms with van der Waals surface area (Å²) in [5.74, 6) is -0.770. The van der Waals surface area contributed by atoms with Crippen molar-refractivity contribution in [3.63, 3.8) is 0 Å². The molecule has 0 unspecified atom stereocenters. The molecule has 0 bridgehead atoms. The number of ether oxygens (including phenoxy) is 2. The third-order valence-electron chi connectivity index (χ3n) is 4.71. The highest BCUT2D eigenvalue weighted by Crippen LogP contribution is 2.22. The van der Waals surface area contributed by atoms with E-state index in [1.54, 1.807) is 31.7 Å². The zero-order valence-electron chi connectivity index (χ0n) is 18.0. The van der Waals surface area contributed by atoms with Crippen LogP contribution in [0.2, 0.25) is 0 Å². The van der Waals surface area contributed by atoms with E-state index in [9.17, 15) is 19.2 Å². The molecule has 1 aliphatic rings. The lowest BCUT2D eigenvalue weighted by atomic mass is 10.1. The number of amides is 1. The monoisotopic (exact) mass is 439 g/mol. The lowest BCUT2D eigenvalue weighted by molar-refractivity contribution is 0.0126. The fourth-order valence-electron chi connectivity index (χ4n) is 3.18. The smallest absolute Gasteiger partial charge is 0.410 e. The fourth-order valence-corrected chi connectivity index (χ4v) is 3.18. The number of likely N-dealkylation sites (tertiary alicyclic amines) is 1. The molecule has 0 aliphatic carbocycles. The predicted octanol–water partition coefficient (Wildman–Crippen LogP) is 2.89. The van der Waals surface area contributed by atoms with Crippen LogP contribution in [0.25, 0.3) is 5.69 Å². The number of benzene rings is 1. The summed E-state index contributed by atoms with van der Waals surface area (Å²) in [5, 5.41) is 22.3. The highest BCUT2D eigenvalue weighted by Gasteiger charge is 2.28. The highest BCUT2D eigenvalue weighted by molar-refractivity contribution is 5.68. The molecule has 1 aliphatic heterocycles. The highest BCUT2D eigenvalue weighted by atomic mass is 19.1. The van der Waals surface area contributed by atoms with E-state index in [4.69, 9.17) is 14.7 Å². The van der Waals surface area contributed by atoms with Crippen molar-refractivity contribution in [3.8, 4) is 23.6 Å². The van der Waals surface area contributed by atoms with Crippen molar-refractivity contribution in [1.82, 2.24) is 14.7 Å². The summed E-state index contributed by atoms with van der Waals surface area (Å²) in [7, 11) is 0. The van der Waals surface area contributed by atoms with Gasteiger partial charge in [0.05, 0.1) is 17.3 Å². The van der Waals surface area contributed by atoms with Crippen LogP contribution >= 0.6 is 0 Å². The number of rotatable bonds is 3. The van der Waals surface area contributed by atoms with E-state index in [0.717, 1.165) is 16.8 Å². The molecule has 9 nitrogen and oxygen atoms in total. The topological polar surface area (TPSA) is 121 Å². The largest absolute Gasteiger partial charge is 0.487 e. The third kappa shape index (κ3) is 5.22. The molecule has 1 aromatic carbocycles. The zero-order valence-corrected chi connectivity index (χ0v) is 18.0. The number of halogens is 1. The first-order chi connectivity index (χ1) is 15.1. The minimum absolute atomic E-state index is 0.0265. The van der Waals surface area contributed by atoms with Crippen LogP contribution in [0.15, 0.2) is 29.1 Å². The van der Waals surface area contributed by atoms with Gasteiger partial charge in [0.2, 0.25) is 5.69 Å². The quantitative estimate of drug-likeness (QED) is 0.721. The molecular formula is C22H22FN5O4. The summed E-state index contributed by atoms with van der Waals surface area (Å²) in [5.41, 5.74) is -1.42. The van der Waals surface area contributed by atoms with Crippen molar-refractivity contribution in [2.24, 2.45) is 0 Å². The second-order valence-corrected chi connectivity index (χ2v) is 8.28. The molecule has 10 heteroatoms. The Morgan fingerprint density at radius 1 is 1.19 bits per heavy atom. The average molecular weight is 439 g/mol. The summed E-state index contributed by atoms with van der Waals surface area (Å²) < 4.78 is 26.0. The van der Waals surface area contributed by atoms with Gasteiger partial charge in [0.15, 0.2) is 5.75 Å². The van der Waals surface area contributed by atoms with Gasteiger partial charge in [-0.05, 0) is 32.9 Å². The lowest BCUT2D eigenvalue weighted by Crippen LogP contribution is -2.44. The Hall–Kier alpha value is -3.92. The molecule has 1 saturated heterocycles. The van der Waals surface area contributed by atoms with Gasteiger partial charge in [-0.25, -0.2) is 9.18 Å². The number of carbonyl (C=O) groups is 1. The number of hydrogen-bond donors (Lipinski definition) is 0. The summed E-state index contributed by atoms with van der Waals surface area (Å²) in [6.07, 6.45) is 0.278. The maximum absolute atomic E-state index is 13.9. The van der Waals surface area contributed by atoms with Crippen LogP contribution in [-0.4, -0.2) is 45.6 Å². The van der Waals surface area contributed by atoms with E-state index in [1.807, 2.05) is 6.07 Å². The predicted molar refractivity (Wildman–Crippen MR) is 111 cm³/mol. The minimum atomic E-state index is -0.797. The molecule has 0 saturated carbocycles. The standard InChI is InChI=1S/C22H22FN5O4/c1-22(2,3)32-21(30)27-8-6-16(7-9-27)31-19-11-20(29)28(26-18(19)13-25)15-5-4-14(12-24)17(23)10-15/h4-5,10-11,16H,6-9H2,1-3H3. The number of carbonyl (C=O) groups excluding carboxylic acids is 1. The van der Waals surface area contributed by atoms with Gasteiger partial charge in [0, 0.05) is 32.0 Å². The average Bonchev–Trinajstić information content (AvgIpc) is 2.73. The molecule has 1 aromatic heterocycles. The van der Waals surface area contributed by atoms with Crippen molar-refractivity contribution < 1.29 is 18.7 Å². The zero-order chi connectivity index (χ0) is 23.5. The Balaban J connectivity index is 1.74. The number of hydrogen-bond acceptors (Lipinski definition) is 7. The van der Waals surface area contributed by atoms with Crippen molar-refractivity contribution in [3.05, 3.63) is 51.7 Å². The molecule has 0 spiro atoms. The van der Waals surface area contributed by atoms with E-state index in [0.29, 0.717) is 25.9 Å². The van der Waals surface area contributed by atoms with Crippen molar-refractivity contribution >= 4 is 6.09 Å². The van der Waals surface area contributed by atoms with Gasteiger partial charge < -0.3 is 14.4 Å². The van der Waals surface area contributed by atoms with E-state index in [2.05, 4.69) is 5.10 Å².